The number of halogens is 2. The summed E-state index contributed by atoms with van der Waals surface area (Å²) in [6.45, 7) is 2.93. The highest BCUT2D eigenvalue weighted by Crippen LogP contribution is 2.27. The molecule has 100 valence electrons. The molecular weight excluding hydrogens is 234 g/mol. The van der Waals surface area contributed by atoms with Crippen molar-refractivity contribution in [1.29, 1.82) is 0 Å². The second-order valence-electron chi connectivity index (χ2n) is 4.96. The van der Waals surface area contributed by atoms with E-state index < -0.39 is 5.92 Å². The van der Waals surface area contributed by atoms with Crippen molar-refractivity contribution in [3.63, 3.8) is 0 Å². The zero-order chi connectivity index (χ0) is 13.6. The number of carbonyl (C=O) groups excluding carboxylic acids is 1. The van der Waals surface area contributed by atoms with Crippen molar-refractivity contribution in [2.75, 3.05) is 0 Å². The van der Waals surface area contributed by atoms with Crippen LogP contribution < -0.4 is 0 Å². The second-order valence-corrected chi connectivity index (χ2v) is 4.96. The molecule has 18 heavy (non-hydrogen) atoms. The fraction of sp³-hybridized carbons (Fsp3) is 0.533. The Morgan fingerprint density at radius 3 is 2.39 bits per heavy atom. The molecule has 3 heteroatoms. The van der Waals surface area contributed by atoms with Crippen LogP contribution in [0.1, 0.15) is 50.2 Å². The highest BCUT2D eigenvalue weighted by molar-refractivity contribution is 5.50. The molecule has 0 aliphatic heterocycles. The van der Waals surface area contributed by atoms with E-state index in [1.165, 1.54) is 0 Å². The van der Waals surface area contributed by atoms with E-state index in [0.717, 1.165) is 30.8 Å². The highest BCUT2D eigenvalue weighted by Gasteiger charge is 2.22. The van der Waals surface area contributed by atoms with Crippen LogP contribution in [0.5, 0.6) is 0 Å². The molecule has 1 aromatic carbocycles. The van der Waals surface area contributed by atoms with Gasteiger partial charge in [0.15, 0.2) is 0 Å². The smallest absolute Gasteiger partial charge is 0.245 e. The number of hydrogen-bond donors (Lipinski definition) is 0. The predicted molar refractivity (Wildman–Crippen MR) is 69.1 cm³/mol. The summed E-state index contributed by atoms with van der Waals surface area (Å²) in [6.07, 6.45) is 2.57. The molecule has 0 aromatic heterocycles. The predicted octanol–water partition coefficient (Wildman–Crippen LogP) is 4.36. The van der Waals surface area contributed by atoms with Crippen molar-refractivity contribution in [2.24, 2.45) is 0 Å². The number of benzene rings is 1. The standard InChI is InChI=1S/C15H20F2O/c1-12(9-10-15(2,16)17)14-7-5-13(6-8-14)4-3-11-18/h5-8,11-12H,3-4,9-10H2,1-2H3. The summed E-state index contributed by atoms with van der Waals surface area (Å²) in [6, 6.07) is 7.88. The fourth-order valence-corrected chi connectivity index (χ4v) is 1.88. The molecule has 0 aliphatic rings. The highest BCUT2D eigenvalue weighted by atomic mass is 19.3. The molecule has 1 unspecified atom stereocenters. The quantitative estimate of drug-likeness (QED) is 0.661. The molecular formula is C15H20F2O. The Labute approximate surface area is 107 Å². The maximum atomic E-state index is 12.8. The van der Waals surface area contributed by atoms with Gasteiger partial charge >= 0.3 is 0 Å². The lowest BCUT2D eigenvalue weighted by Gasteiger charge is -2.15. The monoisotopic (exact) mass is 254 g/mol. The van der Waals surface area contributed by atoms with Gasteiger partial charge in [-0.2, -0.15) is 0 Å². The van der Waals surface area contributed by atoms with E-state index in [1.54, 1.807) is 0 Å². The molecule has 0 fully saturated rings. The molecule has 0 saturated heterocycles. The van der Waals surface area contributed by atoms with Gasteiger partial charge in [0.25, 0.3) is 0 Å². The molecule has 1 rings (SSSR count). The van der Waals surface area contributed by atoms with Crippen molar-refractivity contribution in [2.45, 2.75) is 51.4 Å². The van der Waals surface area contributed by atoms with E-state index >= 15 is 0 Å². The van der Waals surface area contributed by atoms with Gasteiger partial charge in [-0.25, -0.2) is 8.78 Å². The topological polar surface area (TPSA) is 17.1 Å². The van der Waals surface area contributed by atoms with Gasteiger partial charge in [0.2, 0.25) is 5.92 Å². The Morgan fingerprint density at radius 1 is 1.28 bits per heavy atom. The summed E-state index contributed by atoms with van der Waals surface area (Å²) in [5.41, 5.74) is 2.19. The van der Waals surface area contributed by atoms with Crippen molar-refractivity contribution in [3.8, 4) is 0 Å². The van der Waals surface area contributed by atoms with E-state index in [4.69, 9.17) is 0 Å². The summed E-state index contributed by atoms with van der Waals surface area (Å²) in [7, 11) is 0. The van der Waals surface area contributed by atoms with Crippen molar-refractivity contribution < 1.29 is 13.6 Å². The van der Waals surface area contributed by atoms with Crippen LogP contribution in [0.15, 0.2) is 24.3 Å². The number of rotatable bonds is 7. The molecule has 0 aliphatic carbocycles. The van der Waals surface area contributed by atoms with Gasteiger partial charge in [-0.05, 0) is 36.8 Å². The zero-order valence-electron chi connectivity index (χ0n) is 11.0. The summed E-state index contributed by atoms with van der Waals surface area (Å²) in [4.78, 5) is 10.3. The first kappa shape index (κ1) is 14.8. The van der Waals surface area contributed by atoms with Crippen LogP contribution in [0.25, 0.3) is 0 Å². The molecule has 0 spiro atoms. The maximum absolute atomic E-state index is 12.8. The number of carbonyl (C=O) groups is 1. The second kappa shape index (κ2) is 6.62. The minimum atomic E-state index is -2.59. The van der Waals surface area contributed by atoms with Crippen LogP contribution in [0.4, 0.5) is 8.78 Å². The minimum absolute atomic E-state index is 0.0823. The van der Waals surface area contributed by atoms with E-state index in [1.807, 2.05) is 31.2 Å². The minimum Gasteiger partial charge on any atom is -0.303 e. The van der Waals surface area contributed by atoms with Gasteiger partial charge < -0.3 is 4.79 Å². The van der Waals surface area contributed by atoms with Crippen LogP contribution in [0.3, 0.4) is 0 Å². The third-order valence-corrected chi connectivity index (χ3v) is 3.12. The Bertz CT molecular complexity index is 365. The Hall–Kier alpha value is -1.25. The molecule has 1 atom stereocenters. The lowest BCUT2D eigenvalue weighted by atomic mass is 9.93. The average molecular weight is 254 g/mol. The van der Waals surface area contributed by atoms with Crippen molar-refractivity contribution in [1.82, 2.24) is 0 Å². The van der Waals surface area contributed by atoms with E-state index in [-0.39, 0.29) is 12.3 Å². The Morgan fingerprint density at radius 2 is 1.89 bits per heavy atom. The van der Waals surface area contributed by atoms with Gasteiger partial charge in [0.05, 0.1) is 0 Å². The summed E-state index contributed by atoms with van der Waals surface area (Å²) in [5.74, 6) is -2.45. The lowest BCUT2D eigenvalue weighted by Crippen LogP contribution is -2.10. The molecule has 0 bridgehead atoms. The molecule has 0 heterocycles. The third kappa shape index (κ3) is 5.39. The number of aryl methyl sites for hydroxylation is 1. The van der Waals surface area contributed by atoms with Crippen LogP contribution in [-0.4, -0.2) is 12.2 Å². The van der Waals surface area contributed by atoms with Gasteiger partial charge in [0.1, 0.15) is 6.29 Å². The first-order valence-electron chi connectivity index (χ1n) is 6.32. The van der Waals surface area contributed by atoms with Crippen LogP contribution in [0, 0.1) is 0 Å². The van der Waals surface area contributed by atoms with Gasteiger partial charge in [-0.3, -0.25) is 0 Å². The number of aldehydes is 1. The first-order chi connectivity index (χ1) is 8.42. The molecule has 1 nitrogen and oxygen atoms in total. The lowest BCUT2D eigenvalue weighted by molar-refractivity contribution is -0.107. The molecule has 0 amide bonds. The van der Waals surface area contributed by atoms with E-state index in [2.05, 4.69) is 0 Å². The molecule has 0 radical (unpaired) electrons. The average Bonchev–Trinajstić information content (AvgIpc) is 2.33. The molecule has 0 saturated carbocycles. The SMILES string of the molecule is CC(CCC(C)(F)F)c1ccc(CCC=O)cc1. The zero-order valence-corrected chi connectivity index (χ0v) is 11.0. The fourth-order valence-electron chi connectivity index (χ4n) is 1.88. The number of hydrogen-bond acceptors (Lipinski definition) is 1. The maximum Gasteiger partial charge on any atom is 0.245 e. The van der Waals surface area contributed by atoms with E-state index in [9.17, 15) is 13.6 Å². The first-order valence-corrected chi connectivity index (χ1v) is 6.32. The Balaban J connectivity index is 2.53. The molecule has 1 aromatic rings. The van der Waals surface area contributed by atoms with E-state index in [0.29, 0.717) is 12.8 Å². The van der Waals surface area contributed by atoms with Gasteiger partial charge in [-0.15, -0.1) is 0 Å². The van der Waals surface area contributed by atoms with Crippen LogP contribution in [-0.2, 0) is 11.2 Å². The third-order valence-electron chi connectivity index (χ3n) is 3.12. The summed E-state index contributed by atoms with van der Waals surface area (Å²) < 4.78 is 25.5. The van der Waals surface area contributed by atoms with Crippen molar-refractivity contribution in [3.05, 3.63) is 35.4 Å². The number of alkyl halides is 2. The summed E-state index contributed by atoms with van der Waals surface area (Å²) >= 11 is 0. The largest absolute Gasteiger partial charge is 0.303 e. The van der Waals surface area contributed by atoms with Crippen molar-refractivity contribution >= 4 is 6.29 Å². The van der Waals surface area contributed by atoms with Gasteiger partial charge in [-0.1, -0.05) is 31.2 Å². The molecule has 0 N–H and O–H groups in total. The van der Waals surface area contributed by atoms with Crippen LogP contribution in [0.2, 0.25) is 0 Å². The van der Waals surface area contributed by atoms with Gasteiger partial charge in [0, 0.05) is 12.8 Å². The van der Waals surface area contributed by atoms with Crippen LogP contribution >= 0.6 is 0 Å². The normalized spacial score (nSPS) is 13.3. The summed E-state index contributed by atoms with van der Waals surface area (Å²) in [5, 5.41) is 0. The Kier molecular flexibility index (Phi) is 5.45.